The zero-order valence-electron chi connectivity index (χ0n) is 13.0. The number of morpholine rings is 1. The smallest absolute Gasteiger partial charge is 0.325 e. The Morgan fingerprint density at radius 3 is 2.67 bits per heavy atom. The molecule has 1 aliphatic rings. The largest absolute Gasteiger partial charge is 0.378 e. The van der Waals surface area contributed by atoms with Crippen LogP contribution in [0.3, 0.4) is 0 Å². The van der Waals surface area contributed by atoms with Crippen LogP contribution in [0.25, 0.3) is 0 Å². The summed E-state index contributed by atoms with van der Waals surface area (Å²) in [4.78, 5) is 41.4. The summed E-state index contributed by atoms with van der Waals surface area (Å²) in [6.45, 7) is 2.81. The van der Waals surface area contributed by atoms with E-state index < -0.39 is 11.2 Å². The van der Waals surface area contributed by atoms with Crippen molar-refractivity contribution < 1.29 is 9.53 Å². The highest BCUT2D eigenvalue weighted by atomic mass is 16.5. The molecule has 1 aromatic heterocycles. The molecule has 0 atom stereocenters. The molecule has 0 saturated carbocycles. The molecular weight excluding hydrogens is 312 g/mol. The molecule has 3 N–H and O–H groups in total. The van der Waals surface area contributed by atoms with Crippen molar-refractivity contribution in [1.29, 1.82) is 0 Å². The first-order chi connectivity index (χ1) is 11.6. The SMILES string of the molecule is O=C(Cc1cc(=O)[nH]c(=O)[nH]1)Nc1ccccc1N1CCOCC1. The summed E-state index contributed by atoms with van der Waals surface area (Å²) >= 11 is 0. The van der Waals surface area contributed by atoms with E-state index in [0.29, 0.717) is 18.9 Å². The van der Waals surface area contributed by atoms with Gasteiger partial charge in [-0.15, -0.1) is 0 Å². The second kappa shape index (κ2) is 7.14. The zero-order valence-corrected chi connectivity index (χ0v) is 13.0. The Bertz CT molecular complexity index is 808. The van der Waals surface area contributed by atoms with Crippen molar-refractivity contribution in [2.24, 2.45) is 0 Å². The molecule has 0 bridgehead atoms. The van der Waals surface area contributed by atoms with Gasteiger partial charge in [0.2, 0.25) is 5.91 Å². The average molecular weight is 330 g/mol. The minimum atomic E-state index is -0.626. The number of carbonyl (C=O) groups excluding carboxylic acids is 1. The van der Waals surface area contributed by atoms with E-state index in [0.717, 1.165) is 18.8 Å². The van der Waals surface area contributed by atoms with Crippen molar-refractivity contribution >= 4 is 17.3 Å². The third-order valence-electron chi connectivity index (χ3n) is 3.70. The molecule has 3 rings (SSSR count). The van der Waals surface area contributed by atoms with Crippen LogP contribution in [0.15, 0.2) is 39.9 Å². The molecule has 2 aromatic rings. The molecule has 1 fully saturated rings. The van der Waals surface area contributed by atoms with Crippen molar-refractivity contribution in [2.45, 2.75) is 6.42 Å². The number of nitrogens with one attached hydrogen (secondary N) is 3. The Morgan fingerprint density at radius 1 is 1.17 bits per heavy atom. The number of anilines is 2. The molecular formula is C16H18N4O4. The number of H-pyrrole nitrogens is 2. The first-order valence-electron chi connectivity index (χ1n) is 7.66. The Balaban J connectivity index is 1.74. The predicted molar refractivity (Wildman–Crippen MR) is 89.5 cm³/mol. The van der Waals surface area contributed by atoms with Crippen LogP contribution in [-0.4, -0.2) is 42.2 Å². The summed E-state index contributed by atoms with van der Waals surface area (Å²) in [5.41, 5.74) is 0.726. The molecule has 2 heterocycles. The van der Waals surface area contributed by atoms with Gasteiger partial charge >= 0.3 is 5.69 Å². The maximum atomic E-state index is 12.3. The van der Waals surface area contributed by atoms with Gasteiger partial charge in [-0.2, -0.15) is 0 Å². The van der Waals surface area contributed by atoms with E-state index in [1.807, 2.05) is 24.3 Å². The van der Waals surface area contributed by atoms with Gasteiger partial charge in [-0.05, 0) is 12.1 Å². The van der Waals surface area contributed by atoms with Crippen molar-refractivity contribution in [3.63, 3.8) is 0 Å². The maximum absolute atomic E-state index is 12.3. The van der Waals surface area contributed by atoms with Gasteiger partial charge in [0.25, 0.3) is 5.56 Å². The normalized spacial score (nSPS) is 14.4. The Hall–Kier alpha value is -2.87. The molecule has 0 spiro atoms. The zero-order chi connectivity index (χ0) is 16.9. The summed E-state index contributed by atoms with van der Waals surface area (Å²) in [6.07, 6.45) is -0.0867. The Morgan fingerprint density at radius 2 is 1.92 bits per heavy atom. The monoisotopic (exact) mass is 330 g/mol. The fourth-order valence-electron chi connectivity index (χ4n) is 2.64. The quantitative estimate of drug-likeness (QED) is 0.736. The minimum absolute atomic E-state index is 0.0867. The minimum Gasteiger partial charge on any atom is -0.378 e. The molecule has 1 aromatic carbocycles. The van der Waals surface area contributed by atoms with Crippen LogP contribution in [-0.2, 0) is 16.0 Å². The van der Waals surface area contributed by atoms with Crippen molar-refractivity contribution in [3.05, 3.63) is 56.9 Å². The van der Waals surface area contributed by atoms with Gasteiger partial charge in [0.05, 0.1) is 31.0 Å². The van der Waals surface area contributed by atoms with Gasteiger partial charge in [0.15, 0.2) is 0 Å². The molecule has 1 saturated heterocycles. The summed E-state index contributed by atoms with van der Waals surface area (Å²) in [6, 6.07) is 8.72. The summed E-state index contributed by atoms with van der Waals surface area (Å²) in [5.74, 6) is -0.308. The number of ether oxygens (including phenoxy) is 1. The number of amides is 1. The van der Waals surface area contributed by atoms with Gasteiger partial charge in [-0.3, -0.25) is 14.6 Å². The van der Waals surface area contributed by atoms with E-state index in [4.69, 9.17) is 4.74 Å². The number of aromatic amines is 2. The number of para-hydroxylation sites is 2. The van der Waals surface area contributed by atoms with Crippen LogP contribution in [0.4, 0.5) is 11.4 Å². The average Bonchev–Trinajstić information content (AvgIpc) is 2.55. The molecule has 0 radical (unpaired) electrons. The number of rotatable bonds is 4. The maximum Gasteiger partial charge on any atom is 0.325 e. The fourth-order valence-corrected chi connectivity index (χ4v) is 2.64. The van der Waals surface area contributed by atoms with E-state index in [1.165, 1.54) is 6.07 Å². The van der Waals surface area contributed by atoms with Gasteiger partial charge in [0, 0.05) is 24.8 Å². The van der Waals surface area contributed by atoms with Gasteiger partial charge < -0.3 is 19.9 Å². The summed E-state index contributed by atoms with van der Waals surface area (Å²) in [7, 11) is 0. The van der Waals surface area contributed by atoms with Crippen LogP contribution in [0.1, 0.15) is 5.69 Å². The Labute approximate surface area is 137 Å². The topological polar surface area (TPSA) is 107 Å². The lowest BCUT2D eigenvalue weighted by Gasteiger charge is -2.30. The van der Waals surface area contributed by atoms with E-state index >= 15 is 0 Å². The van der Waals surface area contributed by atoms with E-state index in [9.17, 15) is 14.4 Å². The number of hydrogen-bond donors (Lipinski definition) is 3. The molecule has 1 aliphatic heterocycles. The first kappa shape index (κ1) is 16.0. The number of carbonyl (C=O) groups is 1. The molecule has 126 valence electrons. The van der Waals surface area contributed by atoms with Crippen LogP contribution in [0.5, 0.6) is 0 Å². The fraction of sp³-hybridized carbons (Fsp3) is 0.312. The van der Waals surface area contributed by atoms with Gasteiger partial charge in [-0.1, -0.05) is 12.1 Å². The second-order valence-corrected chi connectivity index (χ2v) is 5.45. The van der Waals surface area contributed by atoms with Gasteiger partial charge in [0.1, 0.15) is 0 Å². The number of aromatic nitrogens is 2. The molecule has 8 heteroatoms. The summed E-state index contributed by atoms with van der Waals surface area (Å²) in [5, 5.41) is 2.84. The first-order valence-corrected chi connectivity index (χ1v) is 7.66. The van der Waals surface area contributed by atoms with E-state index in [2.05, 4.69) is 20.2 Å². The van der Waals surface area contributed by atoms with Crippen LogP contribution in [0.2, 0.25) is 0 Å². The second-order valence-electron chi connectivity index (χ2n) is 5.45. The lowest BCUT2D eigenvalue weighted by Crippen LogP contribution is -2.36. The third kappa shape index (κ3) is 3.90. The number of benzene rings is 1. The van der Waals surface area contributed by atoms with Crippen molar-refractivity contribution in [3.8, 4) is 0 Å². The lowest BCUT2D eigenvalue weighted by molar-refractivity contribution is -0.115. The molecule has 0 unspecified atom stereocenters. The van der Waals surface area contributed by atoms with Crippen LogP contribution < -0.4 is 21.5 Å². The molecule has 8 nitrogen and oxygen atoms in total. The van der Waals surface area contributed by atoms with Crippen molar-refractivity contribution in [1.82, 2.24) is 9.97 Å². The Kier molecular flexibility index (Phi) is 4.76. The molecule has 0 aliphatic carbocycles. The van der Waals surface area contributed by atoms with E-state index in [-0.39, 0.29) is 18.0 Å². The predicted octanol–water partition coefficient (Wildman–Crippen LogP) is 0.0810. The number of hydrogen-bond acceptors (Lipinski definition) is 5. The van der Waals surface area contributed by atoms with Crippen LogP contribution in [0, 0.1) is 0 Å². The van der Waals surface area contributed by atoms with E-state index in [1.54, 1.807) is 0 Å². The number of nitrogens with zero attached hydrogens (tertiary/aromatic N) is 1. The van der Waals surface area contributed by atoms with Crippen LogP contribution >= 0.6 is 0 Å². The lowest BCUT2D eigenvalue weighted by atomic mass is 10.2. The highest BCUT2D eigenvalue weighted by Crippen LogP contribution is 2.26. The molecule has 24 heavy (non-hydrogen) atoms. The van der Waals surface area contributed by atoms with Gasteiger partial charge in [-0.25, -0.2) is 4.79 Å². The standard InChI is InChI=1S/C16H18N4O4/c21-14(9-11-10-15(22)19-16(23)17-11)18-12-3-1-2-4-13(12)20-5-7-24-8-6-20/h1-4,10H,5-9H2,(H,18,21)(H2,17,19,22,23). The molecule has 1 amide bonds. The highest BCUT2D eigenvalue weighted by Gasteiger charge is 2.16. The third-order valence-corrected chi connectivity index (χ3v) is 3.70. The highest BCUT2D eigenvalue weighted by molar-refractivity contribution is 5.95. The summed E-state index contributed by atoms with van der Waals surface area (Å²) < 4.78 is 5.35. The van der Waals surface area contributed by atoms with Crippen molar-refractivity contribution in [2.75, 3.05) is 36.5 Å².